The molecule has 9 heteroatoms. The first kappa shape index (κ1) is 24.0. The molecule has 3 rings (SSSR count). The van der Waals surface area contributed by atoms with Crippen LogP contribution < -0.4 is 15.4 Å². The summed E-state index contributed by atoms with van der Waals surface area (Å²) in [7, 11) is -3.67. The van der Waals surface area contributed by atoms with E-state index < -0.39 is 10.0 Å². The highest BCUT2D eigenvalue weighted by Gasteiger charge is 2.27. The topological polar surface area (TPSA) is 97.0 Å². The number of para-hydroxylation sites is 1. The number of carbonyl (C=O) groups excluding carboxylic acids is 1. The minimum Gasteiger partial charge on any atom is -0.489 e. The number of hydrogen-bond acceptors (Lipinski definition) is 6. The Bertz CT molecular complexity index is 1030. The molecule has 0 unspecified atom stereocenters. The summed E-state index contributed by atoms with van der Waals surface area (Å²) >= 11 is 0. The second kappa shape index (κ2) is 10.8. The molecule has 8 nitrogen and oxygen atoms in total. The SMILES string of the molecule is CCc1ccccc1NC(=O)CNc1cc(S(=O)(=O)N2CCOCC2)ccc1OC(C)C. The first-order chi connectivity index (χ1) is 15.3. The Hall–Kier alpha value is -2.62. The molecular weight excluding hydrogens is 430 g/mol. The molecular formula is C23H31N3O5S. The van der Waals surface area contributed by atoms with Crippen molar-refractivity contribution in [3.05, 3.63) is 48.0 Å². The summed E-state index contributed by atoms with van der Waals surface area (Å²) in [5, 5.41) is 5.95. The summed E-state index contributed by atoms with van der Waals surface area (Å²) in [5.74, 6) is 0.255. The molecule has 1 aliphatic rings. The zero-order valence-electron chi connectivity index (χ0n) is 18.8. The second-order valence-electron chi connectivity index (χ2n) is 7.75. The van der Waals surface area contributed by atoms with Gasteiger partial charge in [0.25, 0.3) is 0 Å². The molecule has 32 heavy (non-hydrogen) atoms. The first-order valence-electron chi connectivity index (χ1n) is 10.8. The highest BCUT2D eigenvalue weighted by molar-refractivity contribution is 7.89. The summed E-state index contributed by atoms with van der Waals surface area (Å²) < 4.78 is 38.6. The molecule has 1 heterocycles. The van der Waals surface area contributed by atoms with Gasteiger partial charge in [-0.2, -0.15) is 4.31 Å². The molecule has 0 aliphatic carbocycles. The average Bonchev–Trinajstić information content (AvgIpc) is 2.79. The Balaban J connectivity index is 1.78. The van der Waals surface area contributed by atoms with Gasteiger partial charge in [-0.15, -0.1) is 0 Å². The normalized spacial score (nSPS) is 14.9. The molecule has 1 fully saturated rings. The van der Waals surface area contributed by atoms with Gasteiger partial charge in [0.15, 0.2) is 0 Å². The molecule has 0 aromatic heterocycles. The van der Waals surface area contributed by atoms with Gasteiger partial charge in [0.2, 0.25) is 15.9 Å². The van der Waals surface area contributed by atoms with Gasteiger partial charge in [-0.3, -0.25) is 4.79 Å². The molecule has 174 valence electrons. The standard InChI is InChI=1S/C23H31N3O5S/c1-4-18-7-5-6-8-20(18)25-23(27)16-24-21-15-19(9-10-22(21)31-17(2)3)32(28,29)26-11-13-30-14-12-26/h5-10,15,17,24H,4,11-14,16H2,1-3H3,(H,25,27). The smallest absolute Gasteiger partial charge is 0.243 e. The maximum atomic E-state index is 13.0. The lowest BCUT2D eigenvalue weighted by molar-refractivity contribution is -0.114. The third-order valence-electron chi connectivity index (χ3n) is 5.03. The van der Waals surface area contributed by atoms with Crippen LogP contribution in [0.2, 0.25) is 0 Å². The van der Waals surface area contributed by atoms with Crippen LogP contribution in [0.15, 0.2) is 47.4 Å². The molecule has 0 bridgehead atoms. The van der Waals surface area contributed by atoms with Crippen LogP contribution in [-0.2, 0) is 26.0 Å². The van der Waals surface area contributed by atoms with Crippen molar-refractivity contribution < 1.29 is 22.7 Å². The zero-order valence-corrected chi connectivity index (χ0v) is 19.6. The van der Waals surface area contributed by atoms with Gasteiger partial charge in [0.05, 0.1) is 36.4 Å². The third kappa shape index (κ3) is 5.99. The number of benzene rings is 2. The van der Waals surface area contributed by atoms with E-state index in [0.29, 0.717) is 37.7 Å². The average molecular weight is 462 g/mol. The van der Waals surface area contributed by atoms with E-state index in [1.807, 2.05) is 45.0 Å². The number of amides is 1. The zero-order chi connectivity index (χ0) is 23.1. The van der Waals surface area contributed by atoms with Gasteiger partial charge >= 0.3 is 0 Å². The number of sulfonamides is 1. The molecule has 1 amide bonds. The lowest BCUT2D eigenvalue weighted by Crippen LogP contribution is -2.40. The summed E-state index contributed by atoms with van der Waals surface area (Å²) in [6.07, 6.45) is 0.694. The number of aryl methyl sites for hydroxylation is 1. The number of nitrogens with zero attached hydrogens (tertiary/aromatic N) is 1. The second-order valence-corrected chi connectivity index (χ2v) is 9.69. The molecule has 0 radical (unpaired) electrons. The van der Waals surface area contributed by atoms with Crippen molar-refractivity contribution in [2.24, 2.45) is 0 Å². The lowest BCUT2D eigenvalue weighted by atomic mass is 10.1. The minimum absolute atomic E-state index is 0.0342. The van der Waals surface area contributed by atoms with Crippen molar-refractivity contribution in [3.8, 4) is 5.75 Å². The Morgan fingerprint density at radius 1 is 1.12 bits per heavy atom. The molecule has 2 aromatic rings. The van der Waals surface area contributed by atoms with Gasteiger partial charge in [0.1, 0.15) is 5.75 Å². The van der Waals surface area contributed by atoms with Crippen molar-refractivity contribution in [2.45, 2.75) is 38.2 Å². The third-order valence-corrected chi connectivity index (χ3v) is 6.93. The molecule has 2 N–H and O–H groups in total. The van der Waals surface area contributed by atoms with Crippen LogP contribution in [0.4, 0.5) is 11.4 Å². The van der Waals surface area contributed by atoms with Crippen LogP contribution >= 0.6 is 0 Å². The van der Waals surface area contributed by atoms with Crippen molar-refractivity contribution in [1.82, 2.24) is 4.31 Å². The molecule has 2 aromatic carbocycles. The first-order valence-corrected chi connectivity index (χ1v) is 12.3. The van der Waals surface area contributed by atoms with Gasteiger partial charge < -0.3 is 20.1 Å². The number of ether oxygens (including phenoxy) is 2. The van der Waals surface area contributed by atoms with Crippen LogP contribution in [0.25, 0.3) is 0 Å². The number of morpholine rings is 1. The maximum Gasteiger partial charge on any atom is 0.243 e. The van der Waals surface area contributed by atoms with Gasteiger partial charge in [-0.05, 0) is 50.1 Å². The van der Waals surface area contributed by atoms with E-state index in [1.165, 1.54) is 16.4 Å². The summed E-state index contributed by atoms with van der Waals surface area (Å²) in [6.45, 7) is 7.14. The number of hydrogen-bond donors (Lipinski definition) is 2. The van der Waals surface area contributed by atoms with Crippen molar-refractivity contribution in [1.29, 1.82) is 0 Å². The predicted octanol–water partition coefficient (Wildman–Crippen LogP) is 3.11. The highest BCUT2D eigenvalue weighted by Crippen LogP contribution is 2.30. The molecule has 1 saturated heterocycles. The summed E-state index contributed by atoms with van der Waals surface area (Å²) in [4.78, 5) is 12.7. The summed E-state index contributed by atoms with van der Waals surface area (Å²) in [5.41, 5.74) is 2.26. The van der Waals surface area contributed by atoms with E-state index in [-0.39, 0.29) is 23.5 Å². The number of anilines is 2. The van der Waals surface area contributed by atoms with Crippen LogP contribution in [0.1, 0.15) is 26.3 Å². The molecule has 0 saturated carbocycles. The monoisotopic (exact) mass is 461 g/mol. The van der Waals surface area contributed by atoms with Crippen molar-refractivity contribution in [3.63, 3.8) is 0 Å². The van der Waals surface area contributed by atoms with E-state index in [2.05, 4.69) is 10.6 Å². The predicted molar refractivity (Wildman–Crippen MR) is 125 cm³/mol. The largest absolute Gasteiger partial charge is 0.489 e. The molecule has 0 spiro atoms. The van der Waals surface area contributed by atoms with Crippen LogP contribution in [-0.4, -0.2) is 57.6 Å². The van der Waals surface area contributed by atoms with Gasteiger partial charge in [0, 0.05) is 18.8 Å². The van der Waals surface area contributed by atoms with Gasteiger partial charge in [-0.25, -0.2) is 8.42 Å². The Kier molecular flexibility index (Phi) is 8.11. The van der Waals surface area contributed by atoms with Crippen LogP contribution in [0.5, 0.6) is 5.75 Å². The van der Waals surface area contributed by atoms with Gasteiger partial charge in [-0.1, -0.05) is 25.1 Å². The lowest BCUT2D eigenvalue weighted by Gasteiger charge is -2.26. The van der Waals surface area contributed by atoms with Crippen molar-refractivity contribution >= 4 is 27.3 Å². The van der Waals surface area contributed by atoms with E-state index in [4.69, 9.17) is 9.47 Å². The van der Waals surface area contributed by atoms with E-state index in [0.717, 1.165) is 17.7 Å². The Labute approximate surface area is 190 Å². The maximum absolute atomic E-state index is 13.0. The van der Waals surface area contributed by atoms with Crippen LogP contribution in [0.3, 0.4) is 0 Å². The van der Waals surface area contributed by atoms with Crippen LogP contribution in [0, 0.1) is 0 Å². The van der Waals surface area contributed by atoms with E-state index in [9.17, 15) is 13.2 Å². The van der Waals surface area contributed by atoms with E-state index >= 15 is 0 Å². The molecule has 0 atom stereocenters. The number of nitrogens with one attached hydrogen (secondary N) is 2. The quantitative estimate of drug-likeness (QED) is 0.596. The fourth-order valence-electron chi connectivity index (χ4n) is 3.42. The Morgan fingerprint density at radius 2 is 1.84 bits per heavy atom. The minimum atomic E-state index is -3.67. The fourth-order valence-corrected chi connectivity index (χ4v) is 4.86. The van der Waals surface area contributed by atoms with E-state index in [1.54, 1.807) is 6.07 Å². The highest BCUT2D eigenvalue weighted by atomic mass is 32.2. The molecule has 1 aliphatic heterocycles. The Morgan fingerprint density at radius 3 is 2.53 bits per heavy atom. The van der Waals surface area contributed by atoms with Crippen molar-refractivity contribution in [2.75, 3.05) is 43.5 Å². The number of carbonyl (C=O) groups is 1. The summed E-state index contributed by atoms with van der Waals surface area (Å²) in [6, 6.07) is 12.3. The number of rotatable bonds is 9. The fraction of sp³-hybridized carbons (Fsp3) is 0.435.